The normalized spacial score (nSPS) is 18.1. The number of hydrogen-bond acceptors (Lipinski definition) is 1. The molecule has 3 heteroatoms. The molecule has 1 aliphatic heterocycles. The van der Waals surface area contributed by atoms with Crippen molar-refractivity contribution in [1.29, 1.82) is 0 Å². The van der Waals surface area contributed by atoms with E-state index in [1.54, 1.807) is 6.21 Å². The van der Waals surface area contributed by atoms with Gasteiger partial charge in [-0.05, 0) is 19.1 Å². The van der Waals surface area contributed by atoms with Gasteiger partial charge in [-0.25, -0.2) is 9.98 Å². The summed E-state index contributed by atoms with van der Waals surface area (Å²) < 4.78 is 0. The van der Waals surface area contributed by atoms with Gasteiger partial charge in [-0.2, -0.15) is 0 Å². The fourth-order valence-corrected chi connectivity index (χ4v) is 0.660. The van der Waals surface area contributed by atoms with Crippen molar-refractivity contribution in [2.24, 2.45) is 9.98 Å². The highest BCUT2D eigenvalue weighted by molar-refractivity contribution is 7.80. The Morgan fingerprint density at radius 1 is 1.67 bits per heavy atom. The fourth-order valence-electron chi connectivity index (χ4n) is 0.471. The minimum Gasteiger partial charge on any atom is -0.226 e. The van der Waals surface area contributed by atoms with Crippen molar-refractivity contribution in [1.82, 2.24) is 0 Å². The van der Waals surface area contributed by atoms with Crippen molar-refractivity contribution in [2.45, 2.75) is 6.92 Å². The van der Waals surface area contributed by atoms with Crippen LogP contribution in [-0.2, 0) is 0 Å². The van der Waals surface area contributed by atoms with E-state index in [9.17, 15) is 0 Å². The molecule has 0 aromatic heterocycles. The van der Waals surface area contributed by atoms with Gasteiger partial charge in [0.1, 0.15) is 0 Å². The predicted octanol–water partition coefficient (Wildman–Crippen LogP) is 1.37. The average molecular weight is 138 g/mol. The summed E-state index contributed by atoms with van der Waals surface area (Å²) in [6, 6.07) is 0. The van der Waals surface area contributed by atoms with Crippen LogP contribution in [-0.4, -0.2) is 17.0 Å². The maximum atomic E-state index is 4.71. The smallest absolute Gasteiger partial charge is 0.219 e. The van der Waals surface area contributed by atoms with Crippen molar-refractivity contribution in [2.75, 3.05) is 0 Å². The van der Waals surface area contributed by atoms with E-state index in [1.165, 1.54) is 0 Å². The third-order valence-electron chi connectivity index (χ3n) is 1.06. The van der Waals surface area contributed by atoms with Crippen molar-refractivity contribution in [3.05, 3.63) is 12.2 Å². The second-order valence-electron chi connectivity index (χ2n) is 1.76. The molecule has 0 aromatic rings. The molecule has 0 bridgehead atoms. The molecule has 1 heterocycles. The van der Waals surface area contributed by atoms with Crippen molar-refractivity contribution >= 4 is 29.3 Å². The number of nitrogens with zero attached hydrogens (tertiary/aromatic N) is 2. The Bertz CT molecular complexity index is 225. The quantitative estimate of drug-likeness (QED) is 0.464. The van der Waals surface area contributed by atoms with Crippen molar-refractivity contribution in [3.63, 3.8) is 0 Å². The van der Waals surface area contributed by atoms with Crippen LogP contribution in [0.5, 0.6) is 0 Å². The van der Waals surface area contributed by atoms with Crippen molar-refractivity contribution in [3.8, 4) is 0 Å². The van der Waals surface area contributed by atoms with E-state index < -0.39 is 0 Å². The highest BCUT2D eigenvalue weighted by atomic mass is 32.1. The molecule has 0 N–H and O–H groups in total. The van der Waals surface area contributed by atoms with E-state index >= 15 is 0 Å². The third kappa shape index (κ3) is 1.29. The molecular weight excluding hydrogens is 132 g/mol. The average Bonchev–Trinajstić information content (AvgIpc) is 1.80. The van der Waals surface area contributed by atoms with E-state index in [0.29, 0.717) is 5.11 Å². The molecule has 0 amide bonds. The summed E-state index contributed by atoms with van der Waals surface area (Å²) in [5.74, 6) is 0. The number of hydrogen-bond donors (Lipinski definition) is 0. The molecule has 0 atom stereocenters. The predicted molar refractivity (Wildman–Crippen MR) is 43.3 cm³/mol. The summed E-state index contributed by atoms with van der Waals surface area (Å²) in [6.07, 6.45) is 1.63. The molecule has 1 aliphatic rings. The fraction of sp³-hybridized carbons (Fsp3) is 0.167. The summed E-state index contributed by atoms with van der Waals surface area (Å²) in [5, 5.41) is 0.389. The molecule has 0 fully saturated rings. The molecule has 2 nitrogen and oxygen atoms in total. The number of aliphatic imine (C=N–C) groups is 2. The Morgan fingerprint density at radius 2 is 2.33 bits per heavy atom. The van der Waals surface area contributed by atoms with E-state index in [0.717, 1.165) is 11.3 Å². The van der Waals surface area contributed by atoms with Gasteiger partial charge in [0.2, 0.25) is 5.11 Å². The molecule has 0 saturated heterocycles. The first kappa shape index (κ1) is 6.29. The Hall–Kier alpha value is -0.830. The molecule has 0 saturated carbocycles. The molecule has 0 aliphatic carbocycles. The standard InChI is InChI=1S/C6H6N2S/c1-4-3-7-6(9)8-5(4)2/h3H,1H2,2H3. The third-order valence-corrected chi connectivity index (χ3v) is 1.26. The van der Waals surface area contributed by atoms with Crippen molar-refractivity contribution < 1.29 is 0 Å². The van der Waals surface area contributed by atoms with Crippen LogP contribution in [0.1, 0.15) is 6.92 Å². The topological polar surface area (TPSA) is 24.7 Å². The molecule has 46 valence electrons. The zero-order chi connectivity index (χ0) is 6.85. The Labute approximate surface area is 59.0 Å². The van der Waals surface area contributed by atoms with Crippen LogP contribution in [0, 0.1) is 0 Å². The largest absolute Gasteiger partial charge is 0.226 e. The van der Waals surface area contributed by atoms with E-state index in [4.69, 9.17) is 12.2 Å². The highest BCUT2D eigenvalue weighted by Gasteiger charge is 2.01. The first-order chi connectivity index (χ1) is 4.20. The van der Waals surface area contributed by atoms with Crippen LogP contribution in [0.25, 0.3) is 0 Å². The van der Waals surface area contributed by atoms with E-state index in [-0.39, 0.29) is 0 Å². The van der Waals surface area contributed by atoms with Crippen LogP contribution < -0.4 is 0 Å². The second-order valence-corrected chi connectivity index (χ2v) is 2.13. The number of rotatable bonds is 0. The zero-order valence-electron chi connectivity index (χ0n) is 5.09. The number of thiocarbonyl (C=S) groups is 1. The lowest BCUT2D eigenvalue weighted by Gasteiger charge is -2.02. The van der Waals surface area contributed by atoms with Gasteiger partial charge in [0.15, 0.2) is 0 Å². The van der Waals surface area contributed by atoms with Crippen LogP contribution in [0.15, 0.2) is 22.1 Å². The molecule has 1 rings (SSSR count). The van der Waals surface area contributed by atoms with Crippen LogP contribution >= 0.6 is 12.2 Å². The summed E-state index contributed by atoms with van der Waals surface area (Å²) in [6.45, 7) is 5.55. The van der Waals surface area contributed by atoms with Gasteiger partial charge in [-0.15, -0.1) is 0 Å². The minimum atomic E-state index is 0.389. The van der Waals surface area contributed by atoms with E-state index in [1.807, 2.05) is 6.92 Å². The summed E-state index contributed by atoms with van der Waals surface area (Å²) in [5.41, 5.74) is 1.69. The van der Waals surface area contributed by atoms with Gasteiger partial charge in [-0.3, -0.25) is 0 Å². The van der Waals surface area contributed by atoms with Gasteiger partial charge in [-0.1, -0.05) is 6.58 Å². The van der Waals surface area contributed by atoms with E-state index in [2.05, 4.69) is 16.6 Å². The monoisotopic (exact) mass is 138 g/mol. The van der Waals surface area contributed by atoms with Gasteiger partial charge < -0.3 is 0 Å². The molecule has 0 unspecified atom stereocenters. The first-order valence-electron chi connectivity index (χ1n) is 2.53. The number of allylic oxidation sites excluding steroid dienone is 1. The van der Waals surface area contributed by atoms with Gasteiger partial charge in [0.25, 0.3) is 0 Å². The Morgan fingerprint density at radius 3 is 2.78 bits per heavy atom. The van der Waals surface area contributed by atoms with Gasteiger partial charge >= 0.3 is 0 Å². The minimum absolute atomic E-state index is 0.389. The lowest BCUT2D eigenvalue weighted by atomic mass is 10.2. The Kier molecular flexibility index (Phi) is 1.53. The lowest BCUT2D eigenvalue weighted by Crippen LogP contribution is -2.06. The Balaban J connectivity index is 2.95. The maximum absolute atomic E-state index is 4.71. The highest BCUT2D eigenvalue weighted by Crippen LogP contribution is 1.99. The zero-order valence-corrected chi connectivity index (χ0v) is 5.90. The molecule has 0 aromatic carbocycles. The molecule has 9 heavy (non-hydrogen) atoms. The van der Waals surface area contributed by atoms with Crippen LogP contribution in [0.4, 0.5) is 0 Å². The molecule has 0 spiro atoms. The molecular formula is C6H6N2S. The second kappa shape index (κ2) is 2.19. The first-order valence-corrected chi connectivity index (χ1v) is 2.93. The maximum Gasteiger partial charge on any atom is 0.219 e. The van der Waals surface area contributed by atoms with Crippen LogP contribution in [0.3, 0.4) is 0 Å². The lowest BCUT2D eigenvalue weighted by molar-refractivity contribution is 1.54. The summed E-state index contributed by atoms with van der Waals surface area (Å²) in [7, 11) is 0. The summed E-state index contributed by atoms with van der Waals surface area (Å²) >= 11 is 4.71. The SMILES string of the molecule is C=C1C=NC(=S)N=C1C. The van der Waals surface area contributed by atoms with Gasteiger partial charge in [0.05, 0.1) is 0 Å². The van der Waals surface area contributed by atoms with Crippen LogP contribution in [0.2, 0.25) is 0 Å². The van der Waals surface area contributed by atoms with Gasteiger partial charge in [0, 0.05) is 17.5 Å². The summed E-state index contributed by atoms with van der Waals surface area (Å²) in [4.78, 5) is 7.70. The molecule has 0 radical (unpaired) electrons.